The molecular weight excluding hydrogens is 250 g/mol. The predicted molar refractivity (Wildman–Crippen MR) is 80.2 cm³/mol. The van der Waals surface area contributed by atoms with E-state index in [1.807, 2.05) is 6.92 Å². The van der Waals surface area contributed by atoms with Crippen LogP contribution < -0.4 is 4.74 Å². The first-order valence-electron chi connectivity index (χ1n) is 7.87. The van der Waals surface area contributed by atoms with Gasteiger partial charge in [-0.3, -0.25) is 0 Å². The summed E-state index contributed by atoms with van der Waals surface area (Å²) in [4.78, 5) is 2.53. The Kier molecular flexibility index (Phi) is 4.27. The predicted octanol–water partition coefficient (Wildman–Crippen LogP) is 2.26. The first kappa shape index (κ1) is 13.9. The average molecular weight is 275 g/mol. The van der Waals surface area contributed by atoms with Crippen LogP contribution in [0.15, 0.2) is 18.2 Å². The number of piperidine rings is 1. The molecule has 2 aliphatic heterocycles. The second kappa shape index (κ2) is 6.15. The number of aliphatic hydroxyl groups is 1. The van der Waals surface area contributed by atoms with Crippen LogP contribution in [0, 0.1) is 5.92 Å². The molecule has 3 rings (SSSR count). The van der Waals surface area contributed by atoms with E-state index >= 15 is 0 Å². The van der Waals surface area contributed by atoms with Gasteiger partial charge >= 0.3 is 0 Å². The van der Waals surface area contributed by atoms with Crippen LogP contribution in [0.2, 0.25) is 0 Å². The van der Waals surface area contributed by atoms with E-state index in [1.54, 1.807) is 0 Å². The lowest BCUT2D eigenvalue weighted by Crippen LogP contribution is -2.38. The molecule has 20 heavy (non-hydrogen) atoms. The monoisotopic (exact) mass is 275 g/mol. The van der Waals surface area contributed by atoms with E-state index in [-0.39, 0.29) is 6.10 Å². The number of ether oxygens (including phenoxy) is 1. The Morgan fingerprint density at radius 2 is 2.15 bits per heavy atom. The minimum Gasteiger partial charge on any atom is -0.493 e. The number of nitrogens with zero attached hydrogens (tertiary/aromatic N) is 1. The zero-order chi connectivity index (χ0) is 13.9. The molecule has 2 aliphatic rings. The van der Waals surface area contributed by atoms with Crippen LogP contribution in [0.1, 0.15) is 30.9 Å². The van der Waals surface area contributed by atoms with Crippen molar-refractivity contribution < 1.29 is 9.84 Å². The van der Waals surface area contributed by atoms with Crippen LogP contribution in [0.5, 0.6) is 5.75 Å². The van der Waals surface area contributed by atoms with Crippen molar-refractivity contribution in [2.75, 3.05) is 26.2 Å². The summed E-state index contributed by atoms with van der Waals surface area (Å²) in [7, 11) is 0. The zero-order valence-electron chi connectivity index (χ0n) is 12.3. The number of fused-ring (bicyclic) bond motifs is 1. The van der Waals surface area contributed by atoms with Gasteiger partial charge < -0.3 is 14.7 Å². The number of aliphatic hydroxyl groups excluding tert-OH is 1. The Morgan fingerprint density at radius 3 is 2.90 bits per heavy atom. The highest BCUT2D eigenvalue weighted by Gasteiger charge is 2.22. The summed E-state index contributed by atoms with van der Waals surface area (Å²) < 4.78 is 5.55. The minimum atomic E-state index is -0.145. The smallest absolute Gasteiger partial charge is 0.122 e. The standard InChI is InChI=1S/C17H25NO2/c1-13(19)15-5-9-18(10-6-15)8-4-14-2-3-17-16(12-14)7-11-20-17/h2-3,12-13,15,19H,4-11H2,1H3. The molecule has 0 aromatic heterocycles. The first-order chi connectivity index (χ1) is 9.72. The van der Waals surface area contributed by atoms with Crippen molar-refractivity contribution in [2.24, 2.45) is 5.92 Å². The molecule has 1 N–H and O–H groups in total. The Balaban J connectivity index is 1.48. The van der Waals surface area contributed by atoms with E-state index in [4.69, 9.17) is 4.74 Å². The third kappa shape index (κ3) is 3.15. The number of benzene rings is 1. The van der Waals surface area contributed by atoms with E-state index in [0.717, 1.165) is 57.7 Å². The summed E-state index contributed by atoms with van der Waals surface area (Å²) in [5, 5.41) is 9.63. The molecule has 0 saturated carbocycles. The molecule has 0 radical (unpaired) electrons. The lowest BCUT2D eigenvalue weighted by atomic mass is 9.92. The van der Waals surface area contributed by atoms with Crippen molar-refractivity contribution in [3.8, 4) is 5.75 Å². The second-order valence-electron chi connectivity index (χ2n) is 6.21. The van der Waals surface area contributed by atoms with Gasteiger partial charge in [-0.2, -0.15) is 0 Å². The van der Waals surface area contributed by atoms with Gasteiger partial charge in [0.25, 0.3) is 0 Å². The molecule has 0 spiro atoms. The number of hydrogen-bond donors (Lipinski definition) is 1. The van der Waals surface area contributed by atoms with Gasteiger partial charge in [0, 0.05) is 13.0 Å². The summed E-state index contributed by atoms with van der Waals surface area (Å²) in [6.07, 6.45) is 4.30. The maximum atomic E-state index is 9.63. The van der Waals surface area contributed by atoms with Gasteiger partial charge in [0.1, 0.15) is 5.75 Å². The van der Waals surface area contributed by atoms with Crippen LogP contribution in [-0.2, 0) is 12.8 Å². The fourth-order valence-corrected chi connectivity index (χ4v) is 3.34. The highest BCUT2D eigenvalue weighted by atomic mass is 16.5. The molecule has 3 heteroatoms. The molecule has 1 aromatic rings. The van der Waals surface area contributed by atoms with Gasteiger partial charge in [0.15, 0.2) is 0 Å². The third-order valence-corrected chi connectivity index (χ3v) is 4.79. The van der Waals surface area contributed by atoms with Gasteiger partial charge in [-0.25, -0.2) is 0 Å². The number of rotatable bonds is 4. The highest BCUT2D eigenvalue weighted by molar-refractivity contribution is 5.39. The molecule has 0 amide bonds. The van der Waals surface area contributed by atoms with Crippen molar-refractivity contribution in [3.63, 3.8) is 0 Å². The van der Waals surface area contributed by atoms with Crippen LogP contribution in [0.25, 0.3) is 0 Å². The Hall–Kier alpha value is -1.06. The van der Waals surface area contributed by atoms with Crippen molar-refractivity contribution in [1.29, 1.82) is 0 Å². The van der Waals surface area contributed by atoms with Crippen LogP contribution >= 0.6 is 0 Å². The largest absolute Gasteiger partial charge is 0.493 e. The molecule has 0 aliphatic carbocycles. The van der Waals surface area contributed by atoms with Crippen molar-refractivity contribution in [2.45, 2.75) is 38.7 Å². The van der Waals surface area contributed by atoms with E-state index < -0.39 is 0 Å². The number of likely N-dealkylation sites (tertiary alicyclic amines) is 1. The van der Waals surface area contributed by atoms with Crippen LogP contribution in [-0.4, -0.2) is 42.4 Å². The fourth-order valence-electron chi connectivity index (χ4n) is 3.34. The lowest BCUT2D eigenvalue weighted by Gasteiger charge is -2.33. The zero-order valence-corrected chi connectivity index (χ0v) is 12.3. The lowest BCUT2D eigenvalue weighted by molar-refractivity contribution is 0.0723. The van der Waals surface area contributed by atoms with Gasteiger partial charge in [0.2, 0.25) is 0 Å². The van der Waals surface area contributed by atoms with Gasteiger partial charge in [-0.05, 0) is 62.4 Å². The van der Waals surface area contributed by atoms with Crippen molar-refractivity contribution in [3.05, 3.63) is 29.3 Å². The van der Waals surface area contributed by atoms with Crippen molar-refractivity contribution in [1.82, 2.24) is 4.90 Å². The Labute approximate surface area is 121 Å². The molecule has 1 saturated heterocycles. The minimum absolute atomic E-state index is 0.145. The van der Waals surface area contributed by atoms with Crippen LogP contribution in [0.4, 0.5) is 0 Å². The Morgan fingerprint density at radius 1 is 1.35 bits per heavy atom. The highest BCUT2D eigenvalue weighted by Crippen LogP contribution is 2.26. The molecule has 2 heterocycles. The van der Waals surface area contributed by atoms with E-state index in [1.165, 1.54) is 11.1 Å². The van der Waals surface area contributed by atoms with E-state index in [2.05, 4.69) is 23.1 Å². The number of hydrogen-bond acceptors (Lipinski definition) is 3. The SMILES string of the molecule is CC(O)C1CCN(CCc2ccc3c(c2)CCO3)CC1. The summed E-state index contributed by atoms with van der Waals surface area (Å²) in [5.41, 5.74) is 2.79. The van der Waals surface area contributed by atoms with Crippen LogP contribution in [0.3, 0.4) is 0 Å². The average Bonchev–Trinajstić information content (AvgIpc) is 2.93. The molecule has 1 aromatic carbocycles. The molecule has 0 bridgehead atoms. The first-order valence-corrected chi connectivity index (χ1v) is 7.87. The maximum absolute atomic E-state index is 9.63. The molecule has 3 nitrogen and oxygen atoms in total. The van der Waals surface area contributed by atoms with Gasteiger partial charge in [-0.15, -0.1) is 0 Å². The maximum Gasteiger partial charge on any atom is 0.122 e. The summed E-state index contributed by atoms with van der Waals surface area (Å²) >= 11 is 0. The topological polar surface area (TPSA) is 32.7 Å². The van der Waals surface area contributed by atoms with E-state index in [9.17, 15) is 5.11 Å². The van der Waals surface area contributed by atoms with Gasteiger partial charge in [-0.1, -0.05) is 12.1 Å². The summed E-state index contributed by atoms with van der Waals surface area (Å²) in [6, 6.07) is 6.63. The summed E-state index contributed by atoms with van der Waals surface area (Å²) in [5.74, 6) is 1.58. The molecule has 1 atom stereocenters. The molecule has 1 unspecified atom stereocenters. The third-order valence-electron chi connectivity index (χ3n) is 4.79. The quantitative estimate of drug-likeness (QED) is 0.915. The fraction of sp³-hybridized carbons (Fsp3) is 0.647. The Bertz CT molecular complexity index is 450. The van der Waals surface area contributed by atoms with Crippen molar-refractivity contribution >= 4 is 0 Å². The second-order valence-corrected chi connectivity index (χ2v) is 6.21. The molecule has 1 fully saturated rings. The molecular formula is C17H25NO2. The van der Waals surface area contributed by atoms with E-state index in [0.29, 0.717) is 5.92 Å². The normalized spacial score (nSPS) is 21.5. The molecule has 110 valence electrons. The summed E-state index contributed by atoms with van der Waals surface area (Å²) in [6.45, 7) is 6.15. The van der Waals surface area contributed by atoms with Gasteiger partial charge in [0.05, 0.1) is 12.7 Å².